The molecule has 1 N–H and O–H groups in total. The predicted molar refractivity (Wildman–Crippen MR) is 99.6 cm³/mol. The minimum atomic E-state index is -4.35. The average molecular weight is 361 g/mol. The SMILES string of the molecule is CCCC#Cc1ccc(C(F)(F)F)cc1NC(=C1CCC1)C1CC[C@@H]1C. The Balaban J connectivity index is 1.96. The molecule has 0 heterocycles. The van der Waals surface area contributed by atoms with Crippen molar-refractivity contribution >= 4 is 5.69 Å². The van der Waals surface area contributed by atoms with Crippen molar-refractivity contribution in [2.24, 2.45) is 11.8 Å². The second kappa shape index (κ2) is 7.78. The van der Waals surface area contributed by atoms with Gasteiger partial charge in [0.1, 0.15) is 0 Å². The van der Waals surface area contributed by atoms with Crippen LogP contribution in [0.25, 0.3) is 0 Å². The van der Waals surface area contributed by atoms with Crippen LogP contribution in [-0.4, -0.2) is 0 Å². The van der Waals surface area contributed by atoms with Gasteiger partial charge in [-0.2, -0.15) is 13.2 Å². The molecule has 0 saturated heterocycles. The molecule has 0 bridgehead atoms. The van der Waals surface area contributed by atoms with E-state index in [1.54, 1.807) is 0 Å². The highest BCUT2D eigenvalue weighted by Crippen LogP contribution is 2.44. The van der Waals surface area contributed by atoms with Crippen molar-refractivity contribution in [2.45, 2.75) is 65.0 Å². The van der Waals surface area contributed by atoms with Crippen LogP contribution in [0, 0.1) is 23.7 Å². The molecule has 0 radical (unpaired) electrons. The zero-order chi connectivity index (χ0) is 18.7. The van der Waals surface area contributed by atoms with Crippen molar-refractivity contribution < 1.29 is 13.2 Å². The summed E-state index contributed by atoms with van der Waals surface area (Å²) in [5, 5.41) is 3.40. The quantitative estimate of drug-likeness (QED) is 0.585. The van der Waals surface area contributed by atoms with Crippen LogP contribution >= 0.6 is 0 Å². The second-order valence-corrected chi connectivity index (χ2v) is 7.47. The van der Waals surface area contributed by atoms with Gasteiger partial charge in [-0.1, -0.05) is 31.3 Å². The number of alkyl halides is 3. The molecule has 140 valence electrons. The van der Waals surface area contributed by atoms with Gasteiger partial charge < -0.3 is 5.32 Å². The summed E-state index contributed by atoms with van der Waals surface area (Å²) >= 11 is 0. The first-order chi connectivity index (χ1) is 12.4. The summed E-state index contributed by atoms with van der Waals surface area (Å²) < 4.78 is 39.6. The van der Waals surface area contributed by atoms with Crippen molar-refractivity contribution in [3.05, 3.63) is 40.6 Å². The molecule has 1 nitrogen and oxygen atoms in total. The summed E-state index contributed by atoms with van der Waals surface area (Å²) in [7, 11) is 0. The van der Waals surface area contributed by atoms with E-state index in [9.17, 15) is 13.2 Å². The number of unbranched alkanes of at least 4 members (excludes halogenated alkanes) is 1. The van der Waals surface area contributed by atoms with E-state index in [2.05, 4.69) is 24.1 Å². The molecule has 0 spiro atoms. The molecule has 1 aromatic carbocycles. The Morgan fingerprint density at radius 3 is 2.50 bits per heavy atom. The van der Waals surface area contributed by atoms with Gasteiger partial charge in [-0.3, -0.25) is 0 Å². The molecule has 26 heavy (non-hydrogen) atoms. The highest BCUT2D eigenvalue weighted by molar-refractivity contribution is 5.64. The van der Waals surface area contributed by atoms with Gasteiger partial charge in [0, 0.05) is 23.6 Å². The van der Waals surface area contributed by atoms with Crippen LogP contribution in [0.1, 0.15) is 69.9 Å². The molecule has 2 aliphatic rings. The molecule has 3 rings (SSSR count). The van der Waals surface area contributed by atoms with Crippen LogP contribution in [0.2, 0.25) is 0 Å². The van der Waals surface area contributed by atoms with E-state index < -0.39 is 11.7 Å². The third-order valence-electron chi connectivity index (χ3n) is 5.54. The molecule has 0 aliphatic heterocycles. The molecule has 1 aromatic rings. The first-order valence-electron chi connectivity index (χ1n) is 9.59. The third kappa shape index (κ3) is 4.09. The van der Waals surface area contributed by atoms with Crippen molar-refractivity contribution in [1.82, 2.24) is 0 Å². The lowest BCUT2D eigenvalue weighted by Gasteiger charge is -2.39. The molecule has 4 heteroatoms. The molecule has 2 saturated carbocycles. The molecule has 2 aliphatic carbocycles. The predicted octanol–water partition coefficient (Wildman–Crippen LogP) is 6.75. The highest BCUT2D eigenvalue weighted by Gasteiger charge is 2.34. The smallest absolute Gasteiger partial charge is 0.358 e. The van der Waals surface area contributed by atoms with Gasteiger partial charge in [-0.25, -0.2) is 0 Å². The van der Waals surface area contributed by atoms with Crippen molar-refractivity contribution in [2.75, 3.05) is 5.32 Å². The van der Waals surface area contributed by atoms with Gasteiger partial charge in [-0.15, -0.1) is 0 Å². The zero-order valence-corrected chi connectivity index (χ0v) is 15.5. The summed E-state index contributed by atoms with van der Waals surface area (Å²) in [5.41, 5.74) is 3.06. The van der Waals surface area contributed by atoms with Gasteiger partial charge in [0.2, 0.25) is 0 Å². The van der Waals surface area contributed by atoms with Gasteiger partial charge in [-0.05, 0) is 62.6 Å². The van der Waals surface area contributed by atoms with Crippen molar-refractivity contribution in [1.29, 1.82) is 0 Å². The molecule has 2 atom stereocenters. The Hall–Kier alpha value is -1.89. The largest absolute Gasteiger partial charge is 0.416 e. The van der Waals surface area contributed by atoms with Gasteiger partial charge in [0.05, 0.1) is 11.3 Å². The van der Waals surface area contributed by atoms with Crippen LogP contribution in [0.5, 0.6) is 0 Å². The average Bonchev–Trinajstić information content (AvgIpc) is 2.52. The van der Waals surface area contributed by atoms with Crippen LogP contribution in [-0.2, 0) is 6.18 Å². The first kappa shape index (κ1) is 18.9. The molecular formula is C22H26F3N. The summed E-state index contributed by atoms with van der Waals surface area (Å²) in [6.07, 6.45) is 2.92. The minimum Gasteiger partial charge on any atom is -0.358 e. The Morgan fingerprint density at radius 1 is 1.23 bits per heavy atom. The van der Waals surface area contributed by atoms with E-state index in [1.807, 2.05) is 6.92 Å². The molecular weight excluding hydrogens is 335 g/mol. The minimum absolute atomic E-state index is 0.441. The lowest BCUT2D eigenvalue weighted by Crippen LogP contribution is -2.30. The fourth-order valence-electron chi connectivity index (χ4n) is 3.52. The standard InChI is InChI=1S/C22H26F3N/c1-3-4-5-7-16-11-12-18(22(23,24)25)14-20(16)26-21(17-8-6-9-17)19-13-10-15(19)2/h11-12,14-15,19,26H,3-4,6,8-10,13H2,1-2H3/t15-,19?/m0/s1. The fourth-order valence-corrected chi connectivity index (χ4v) is 3.52. The number of benzene rings is 1. The van der Waals surface area contributed by atoms with Gasteiger partial charge >= 0.3 is 6.18 Å². The van der Waals surface area contributed by atoms with Crippen LogP contribution in [0.15, 0.2) is 29.5 Å². The number of allylic oxidation sites excluding steroid dienone is 2. The van der Waals surface area contributed by atoms with Crippen LogP contribution in [0.4, 0.5) is 18.9 Å². The van der Waals surface area contributed by atoms with E-state index in [-0.39, 0.29) is 0 Å². The van der Waals surface area contributed by atoms with E-state index >= 15 is 0 Å². The summed E-state index contributed by atoms with van der Waals surface area (Å²) in [6, 6.07) is 3.85. The number of halogens is 3. The number of rotatable bonds is 4. The number of hydrogen-bond acceptors (Lipinski definition) is 1. The van der Waals surface area contributed by atoms with E-state index in [4.69, 9.17) is 0 Å². The summed E-state index contributed by atoms with van der Waals surface area (Å²) in [5.74, 6) is 7.15. The highest BCUT2D eigenvalue weighted by atomic mass is 19.4. The number of nitrogens with one attached hydrogen (secondary N) is 1. The Morgan fingerprint density at radius 2 is 2.00 bits per heavy atom. The number of hydrogen-bond donors (Lipinski definition) is 1. The van der Waals surface area contributed by atoms with Crippen LogP contribution < -0.4 is 5.32 Å². The molecule has 0 amide bonds. The maximum absolute atomic E-state index is 13.2. The summed E-state index contributed by atoms with van der Waals surface area (Å²) in [6.45, 7) is 4.26. The lowest BCUT2D eigenvalue weighted by molar-refractivity contribution is -0.137. The molecule has 2 fully saturated rings. The van der Waals surface area contributed by atoms with Crippen molar-refractivity contribution in [3.63, 3.8) is 0 Å². The van der Waals surface area contributed by atoms with Crippen molar-refractivity contribution in [3.8, 4) is 11.8 Å². The van der Waals surface area contributed by atoms with Gasteiger partial charge in [0.15, 0.2) is 0 Å². The zero-order valence-electron chi connectivity index (χ0n) is 15.5. The van der Waals surface area contributed by atoms with E-state index in [1.165, 1.54) is 30.5 Å². The molecule has 0 aromatic heterocycles. The monoisotopic (exact) mass is 361 g/mol. The Bertz CT molecular complexity index is 743. The first-order valence-corrected chi connectivity index (χ1v) is 9.59. The van der Waals surface area contributed by atoms with E-state index in [0.717, 1.165) is 43.9 Å². The lowest BCUT2D eigenvalue weighted by atomic mass is 9.70. The Labute approximate surface area is 154 Å². The third-order valence-corrected chi connectivity index (χ3v) is 5.54. The second-order valence-electron chi connectivity index (χ2n) is 7.47. The van der Waals surface area contributed by atoms with Crippen LogP contribution in [0.3, 0.4) is 0 Å². The normalized spacial score (nSPS) is 22.0. The van der Waals surface area contributed by atoms with Gasteiger partial charge in [0.25, 0.3) is 0 Å². The Kier molecular flexibility index (Phi) is 5.65. The maximum Gasteiger partial charge on any atom is 0.416 e. The topological polar surface area (TPSA) is 12.0 Å². The fraction of sp³-hybridized carbons (Fsp3) is 0.545. The van der Waals surface area contributed by atoms with E-state index in [0.29, 0.717) is 23.1 Å². The number of anilines is 1. The maximum atomic E-state index is 13.2. The summed E-state index contributed by atoms with van der Waals surface area (Å²) in [4.78, 5) is 0. The molecule has 1 unspecified atom stereocenters.